The average molecular weight is 389 g/mol. The maximum absolute atomic E-state index is 11.5. The molecule has 4 fully saturated rings. The minimum Gasteiger partial charge on any atom is -0.462 e. The fourth-order valence-electron chi connectivity index (χ4n) is 5.24. The molecule has 3 saturated heterocycles. The van der Waals surface area contributed by atoms with Crippen molar-refractivity contribution in [2.75, 3.05) is 0 Å². The largest absolute Gasteiger partial charge is 0.462 e. The molecule has 7 nitrogen and oxygen atoms in total. The minimum absolute atomic E-state index is 0.0484. The average Bonchev–Trinajstić information content (AvgIpc) is 3.15. The first kappa shape index (κ1) is 18.5. The molecule has 1 aromatic carbocycles. The minimum atomic E-state index is -0.701. The van der Waals surface area contributed by atoms with Gasteiger partial charge in [0.1, 0.15) is 17.7 Å². The van der Waals surface area contributed by atoms with Crippen molar-refractivity contribution in [2.45, 2.75) is 88.6 Å². The Morgan fingerprint density at radius 2 is 2.00 bits per heavy atom. The number of carbonyl (C=O) groups is 1. The van der Waals surface area contributed by atoms with Gasteiger partial charge in [-0.15, -0.1) is 0 Å². The molecule has 3 heterocycles. The highest BCUT2D eigenvalue weighted by atomic mass is 16.8. The van der Waals surface area contributed by atoms with Crippen LogP contribution in [0.4, 0.5) is 0 Å². The van der Waals surface area contributed by atoms with Crippen LogP contribution in [0.25, 0.3) is 0 Å². The molecular formula is C21H27NO6. The van der Waals surface area contributed by atoms with Gasteiger partial charge in [0.05, 0.1) is 12.2 Å². The number of ether oxygens (including phenoxy) is 4. The second-order valence-corrected chi connectivity index (χ2v) is 8.70. The van der Waals surface area contributed by atoms with Gasteiger partial charge in [-0.3, -0.25) is 9.63 Å². The number of hydrogen-bond acceptors (Lipinski definition) is 7. The molecule has 6 atom stereocenters. The van der Waals surface area contributed by atoms with E-state index in [2.05, 4.69) is 17.2 Å². The molecule has 1 aliphatic carbocycles. The van der Waals surface area contributed by atoms with Crippen molar-refractivity contribution in [2.24, 2.45) is 0 Å². The van der Waals surface area contributed by atoms with E-state index in [0.29, 0.717) is 19.4 Å². The lowest BCUT2D eigenvalue weighted by molar-refractivity contribution is -0.263. The lowest BCUT2D eigenvalue weighted by Crippen LogP contribution is -2.57. The van der Waals surface area contributed by atoms with Crippen molar-refractivity contribution in [3.63, 3.8) is 0 Å². The monoisotopic (exact) mass is 389 g/mol. The first-order chi connectivity index (χ1) is 13.4. The van der Waals surface area contributed by atoms with E-state index in [1.807, 2.05) is 32.0 Å². The summed E-state index contributed by atoms with van der Waals surface area (Å²) in [5.41, 5.74) is 0.702. The van der Waals surface area contributed by atoms with E-state index in [1.54, 1.807) is 0 Å². The molecule has 1 unspecified atom stereocenters. The summed E-state index contributed by atoms with van der Waals surface area (Å²) in [5, 5.41) is 2.05. The van der Waals surface area contributed by atoms with Crippen LogP contribution < -0.4 is 0 Å². The van der Waals surface area contributed by atoms with Gasteiger partial charge in [-0.2, -0.15) is 5.06 Å². The Balaban J connectivity index is 1.49. The van der Waals surface area contributed by atoms with Crippen LogP contribution in [0.5, 0.6) is 0 Å². The quantitative estimate of drug-likeness (QED) is 0.736. The zero-order valence-corrected chi connectivity index (χ0v) is 16.5. The Morgan fingerprint density at radius 1 is 1.21 bits per heavy atom. The topological polar surface area (TPSA) is 66.5 Å². The van der Waals surface area contributed by atoms with E-state index in [1.165, 1.54) is 12.5 Å². The highest BCUT2D eigenvalue weighted by Gasteiger charge is 2.70. The van der Waals surface area contributed by atoms with Crippen LogP contribution in [-0.2, 0) is 35.1 Å². The van der Waals surface area contributed by atoms with Crippen molar-refractivity contribution in [1.82, 2.24) is 5.06 Å². The molecule has 0 radical (unpaired) electrons. The van der Waals surface area contributed by atoms with Crippen LogP contribution in [-0.4, -0.2) is 53.1 Å². The number of carbonyl (C=O) groups excluding carboxylic acids is 1. The Labute approximate surface area is 164 Å². The highest BCUT2D eigenvalue weighted by Crippen LogP contribution is 2.55. The summed E-state index contributed by atoms with van der Waals surface area (Å²) in [6.07, 6.45) is 0.878. The highest BCUT2D eigenvalue weighted by molar-refractivity contribution is 5.66. The molecule has 0 amide bonds. The van der Waals surface area contributed by atoms with Gasteiger partial charge in [0.2, 0.25) is 0 Å². The van der Waals surface area contributed by atoms with Gasteiger partial charge in [-0.05, 0) is 19.4 Å². The molecule has 1 spiro atoms. The summed E-state index contributed by atoms with van der Waals surface area (Å²) >= 11 is 0. The molecule has 0 N–H and O–H groups in total. The SMILES string of the molecule is CC(=O)OC1C[C@@H]2C[C@]3([C@@H](C1)O[C@@H]1OC(C)(C)O[C@@H]13)N(Cc1ccccc1)O2. The zero-order chi connectivity index (χ0) is 19.5. The van der Waals surface area contributed by atoms with E-state index in [-0.39, 0.29) is 30.4 Å². The zero-order valence-electron chi connectivity index (χ0n) is 16.5. The van der Waals surface area contributed by atoms with Crippen molar-refractivity contribution in [3.8, 4) is 0 Å². The number of fused-ring (bicyclic) bond motifs is 2. The van der Waals surface area contributed by atoms with Gasteiger partial charge < -0.3 is 18.9 Å². The third-order valence-electron chi connectivity index (χ3n) is 6.21. The molecule has 152 valence electrons. The first-order valence-corrected chi connectivity index (χ1v) is 10.0. The number of esters is 1. The fraction of sp³-hybridized carbons (Fsp3) is 0.667. The summed E-state index contributed by atoms with van der Waals surface area (Å²) in [7, 11) is 0. The third-order valence-corrected chi connectivity index (χ3v) is 6.21. The van der Waals surface area contributed by atoms with E-state index in [0.717, 1.165) is 6.42 Å². The van der Waals surface area contributed by atoms with Gasteiger partial charge in [0, 0.05) is 32.7 Å². The number of nitrogens with zero attached hydrogens (tertiary/aromatic N) is 1. The van der Waals surface area contributed by atoms with Gasteiger partial charge in [0.25, 0.3) is 0 Å². The summed E-state index contributed by atoms with van der Waals surface area (Å²) in [6, 6.07) is 10.3. The standard InChI is InChI=1S/C21H27NO6/c1-13(23)24-15-9-16-11-21(22(28-16)12-14-7-5-4-6-8-14)17(10-15)25-19-18(21)26-20(2,3)27-19/h4-8,15-19H,9-12H2,1-3H3/t15?,16-,17-,18+,19-,21-/m1/s1. The lowest BCUT2D eigenvalue weighted by atomic mass is 9.83. The molecular weight excluding hydrogens is 362 g/mol. The Kier molecular flexibility index (Phi) is 4.30. The molecule has 4 aliphatic rings. The smallest absolute Gasteiger partial charge is 0.302 e. The number of benzene rings is 1. The Bertz CT molecular complexity index is 755. The Morgan fingerprint density at radius 3 is 2.75 bits per heavy atom. The van der Waals surface area contributed by atoms with Gasteiger partial charge >= 0.3 is 5.97 Å². The van der Waals surface area contributed by atoms with Crippen LogP contribution in [0.1, 0.15) is 45.6 Å². The van der Waals surface area contributed by atoms with Crippen molar-refractivity contribution >= 4 is 5.97 Å². The second kappa shape index (κ2) is 6.50. The number of hydroxylamine groups is 2. The van der Waals surface area contributed by atoms with Crippen LogP contribution in [0.2, 0.25) is 0 Å². The summed E-state index contributed by atoms with van der Waals surface area (Å²) < 4.78 is 24.2. The van der Waals surface area contributed by atoms with E-state index in [9.17, 15) is 4.79 Å². The molecule has 7 heteroatoms. The molecule has 1 aromatic rings. The van der Waals surface area contributed by atoms with Crippen molar-refractivity contribution < 1.29 is 28.6 Å². The third kappa shape index (κ3) is 2.97. The normalized spacial score (nSPS) is 41.3. The molecule has 1 saturated carbocycles. The van der Waals surface area contributed by atoms with E-state index >= 15 is 0 Å². The van der Waals surface area contributed by atoms with Crippen LogP contribution >= 0.6 is 0 Å². The van der Waals surface area contributed by atoms with Gasteiger partial charge in [-0.1, -0.05) is 30.3 Å². The molecule has 28 heavy (non-hydrogen) atoms. The van der Waals surface area contributed by atoms with Gasteiger partial charge in [0.15, 0.2) is 12.1 Å². The summed E-state index contributed by atoms with van der Waals surface area (Å²) in [6.45, 7) is 5.91. The van der Waals surface area contributed by atoms with Crippen molar-refractivity contribution in [1.29, 1.82) is 0 Å². The van der Waals surface area contributed by atoms with Crippen LogP contribution in [0.15, 0.2) is 30.3 Å². The van der Waals surface area contributed by atoms with Crippen LogP contribution in [0, 0.1) is 0 Å². The predicted molar refractivity (Wildman–Crippen MR) is 97.7 cm³/mol. The molecule has 5 rings (SSSR count). The maximum atomic E-state index is 11.5. The molecule has 3 aliphatic heterocycles. The maximum Gasteiger partial charge on any atom is 0.302 e. The molecule has 0 aromatic heterocycles. The summed E-state index contributed by atoms with van der Waals surface area (Å²) in [4.78, 5) is 17.9. The molecule has 2 bridgehead atoms. The lowest BCUT2D eigenvalue weighted by Gasteiger charge is -2.41. The first-order valence-electron chi connectivity index (χ1n) is 10.0. The number of hydrogen-bond donors (Lipinski definition) is 0. The Hall–Kier alpha value is -1.51. The second-order valence-electron chi connectivity index (χ2n) is 8.70. The summed E-state index contributed by atoms with van der Waals surface area (Å²) in [5.74, 6) is -0.975. The number of rotatable bonds is 3. The predicted octanol–water partition coefficient (Wildman–Crippen LogP) is 2.53. The van der Waals surface area contributed by atoms with E-state index < -0.39 is 17.6 Å². The van der Waals surface area contributed by atoms with Crippen molar-refractivity contribution in [3.05, 3.63) is 35.9 Å². The van der Waals surface area contributed by atoms with E-state index in [4.69, 9.17) is 23.8 Å². The van der Waals surface area contributed by atoms with Crippen LogP contribution in [0.3, 0.4) is 0 Å². The van der Waals surface area contributed by atoms with Gasteiger partial charge in [-0.25, -0.2) is 0 Å². The fourth-order valence-corrected chi connectivity index (χ4v) is 5.24.